The van der Waals surface area contributed by atoms with Crippen molar-refractivity contribution in [3.05, 3.63) is 0 Å². The predicted octanol–water partition coefficient (Wildman–Crippen LogP) is 7.58. The third-order valence-corrected chi connectivity index (χ3v) is 23.7. The molecule has 0 bridgehead atoms. The van der Waals surface area contributed by atoms with Crippen LogP contribution in [0.1, 0.15) is 166 Å². The van der Waals surface area contributed by atoms with Crippen molar-refractivity contribution in [1.82, 2.24) is 0 Å². The van der Waals surface area contributed by atoms with Gasteiger partial charge in [0.15, 0.2) is 0 Å². The third kappa shape index (κ3) is 9.20. The van der Waals surface area contributed by atoms with E-state index < -0.39 is 71.5 Å². The van der Waals surface area contributed by atoms with Crippen molar-refractivity contribution in [2.24, 2.45) is 116 Å². The van der Waals surface area contributed by atoms with Gasteiger partial charge in [0.1, 0.15) is 0 Å². The Hall–Kier alpha value is -1.38. The number of fused-ring (bicyclic) bond motifs is 10. The number of aliphatic hydroxyl groups is 7. The molecule has 0 spiro atoms. The van der Waals surface area contributed by atoms with Crippen LogP contribution in [0.15, 0.2) is 0 Å². The Morgan fingerprint density at radius 1 is 0.557 bits per heavy atom. The zero-order chi connectivity index (χ0) is 51.2. The number of carbonyl (C=O) groups is 2. The molecule has 6 saturated carbocycles. The Morgan fingerprint density at radius 2 is 0.971 bits per heavy atom. The summed E-state index contributed by atoms with van der Waals surface area (Å²) in [6.45, 7) is 25.3. The fourth-order valence-corrected chi connectivity index (χ4v) is 19.5. The van der Waals surface area contributed by atoms with Gasteiger partial charge >= 0.3 is 11.9 Å². The molecule has 8 fully saturated rings. The maximum atomic E-state index is 13.5. The summed E-state index contributed by atoms with van der Waals surface area (Å²) in [5.41, 5.74) is -1.07. The molecule has 0 radical (unpaired) electrons. The Balaban J connectivity index is 0.926. The molecular formula is C58H98O12. The third-order valence-electron chi connectivity index (χ3n) is 23.7. The van der Waals surface area contributed by atoms with E-state index in [1.165, 1.54) is 0 Å². The van der Waals surface area contributed by atoms with Crippen molar-refractivity contribution in [1.29, 1.82) is 0 Å². The molecule has 2 aliphatic heterocycles. The number of aliphatic hydroxyl groups excluding tert-OH is 7. The maximum Gasteiger partial charge on any atom is 0.309 e. The highest BCUT2D eigenvalue weighted by molar-refractivity contribution is 5.75. The molecule has 12 heteroatoms. The number of ether oxygens (including phenoxy) is 3. The summed E-state index contributed by atoms with van der Waals surface area (Å²) < 4.78 is 19.0. The largest absolute Gasteiger partial charge is 0.465 e. The molecular weight excluding hydrogens is 889 g/mol. The molecule has 2 heterocycles. The first-order valence-electron chi connectivity index (χ1n) is 28.6. The summed E-state index contributed by atoms with van der Waals surface area (Å²) in [4.78, 5) is 26.9. The van der Waals surface area contributed by atoms with E-state index in [1.807, 2.05) is 0 Å². The summed E-state index contributed by atoms with van der Waals surface area (Å²) in [5.74, 6) is 0.388. The highest BCUT2D eigenvalue weighted by Gasteiger charge is 2.65. The summed E-state index contributed by atoms with van der Waals surface area (Å²) in [7, 11) is 0. The van der Waals surface area contributed by atoms with Gasteiger partial charge in [-0.3, -0.25) is 9.59 Å². The van der Waals surface area contributed by atoms with Crippen LogP contribution in [0.5, 0.6) is 0 Å². The van der Waals surface area contributed by atoms with Crippen LogP contribution in [-0.2, 0) is 23.8 Å². The average Bonchev–Trinajstić information content (AvgIpc) is 3.79. The minimum Gasteiger partial charge on any atom is -0.465 e. The lowest BCUT2D eigenvalue weighted by atomic mass is 9.48. The first-order valence-corrected chi connectivity index (χ1v) is 28.6. The standard InChI is InChI=1S/C58H98O12/c1-12-33(29(2)3)52(50(64)32(7)38-14-16-40-36-28-70-54(67)44-24-46(60)48(62)26-58(44,11)42(36)18-21-56(38,40)9)68-22-19-34(30(4)5)51(65)49(63)31(6)37-13-15-39-35-27-69-53(66)43-23-45(59)47(61)25-57(43,10)41(35)17-20-55(37,39)8/h29-52,59-65H,12-28H2,1-11H3/t31-,32-,33-,34-,35-,36-,37+,38+,39-,40-,41-,42-,43+,44+,45-,46-,47+,48+,49+,50+,51+,52+,55+,56+,57+,58+/m0/s1. The summed E-state index contributed by atoms with van der Waals surface area (Å²) in [6.07, 6.45) is 3.71. The van der Waals surface area contributed by atoms with Gasteiger partial charge in [-0.1, -0.05) is 82.6 Å². The van der Waals surface area contributed by atoms with E-state index in [4.69, 9.17) is 14.2 Å². The second-order valence-electron chi connectivity index (χ2n) is 27.3. The van der Waals surface area contributed by atoms with E-state index >= 15 is 0 Å². The topological polar surface area (TPSA) is 203 Å². The number of cyclic esters (lactones) is 2. The van der Waals surface area contributed by atoms with E-state index in [0.29, 0.717) is 45.0 Å². The maximum absolute atomic E-state index is 13.5. The molecule has 8 rings (SSSR count). The zero-order valence-electron chi connectivity index (χ0n) is 45.0. The molecule has 7 N–H and O–H groups in total. The van der Waals surface area contributed by atoms with Crippen molar-refractivity contribution in [3.63, 3.8) is 0 Å². The lowest BCUT2D eigenvalue weighted by Crippen LogP contribution is -2.55. The van der Waals surface area contributed by atoms with Crippen LogP contribution in [0, 0.1) is 116 Å². The van der Waals surface area contributed by atoms with Gasteiger partial charge in [-0.05, 0) is 188 Å². The molecule has 402 valence electrons. The van der Waals surface area contributed by atoms with E-state index in [9.17, 15) is 45.3 Å². The minimum absolute atomic E-state index is 0.0509. The highest BCUT2D eigenvalue weighted by Crippen LogP contribution is 2.68. The fraction of sp³-hybridized carbons (Fsp3) is 0.966. The Morgan fingerprint density at radius 3 is 1.39 bits per heavy atom. The van der Waals surface area contributed by atoms with Crippen molar-refractivity contribution < 1.29 is 59.5 Å². The molecule has 70 heavy (non-hydrogen) atoms. The van der Waals surface area contributed by atoms with Crippen molar-refractivity contribution in [2.45, 2.75) is 215 Å². The molecule has 12 nitrogen and oxygen atoms in total. The summed E-state index contributed by atoms with van der Waals surface area (Å²) >= 11 is 0. The predicted molar refractivity (Wildman–Crippen MR) is 266 cm³/mol. The first kappa shape index (κ1) is 54.9. The molecule has 0 aromatic heterocycles. The van der Waals surface area contributed by atoms with Crippen LogP contribution < -0.4 is 0 Å². The average molecular weight is 987 g/mol. The summed E-state index contributed by atoms with van der Waals surface area (Å²) in [6, 6.07) is 0. The van der Waals surface area contributed by atoms with Crippen LogP contribution in [-0.4, -0.2) is 116 Å². The second-order valence-corrected chi connectivity index (χ2v) is 27.3. The summed E-state index contributed by atoms with van der Waals surface area (Å²) in [5, 5.41) is 80.0. The molecule has 6 aliphatic carbocycles. The first-order chi connectivity index (χ1) is 32.8. The minimum atomic E-state index is -0.964. The Kier molecular flexibility index (Phi) is 16.2. The molecule has 0 amide bonds. The van der Waals surface area contributed by atoms with E-state index in [0.717, 1.165) is 57.8 Å². The lowest BCUT2D eigenvalue weighted by molar-refractivity contribution is -0.163. The SMILES string of the molecule is CC[C@@H](C(C)C)[C@@H](OCC[C@@H](C(C)C)[C@@H](O)[C@H](O)[C@@H](C)[C@H]1CC[C@H]2[C@@H]3COC(=O)[C@H]4C[C@H](O)[C@H](O)C[C@]4(C)[C@H]3CC[C@]12C)[C@H](O)[C@@H](C)[C@H]1CC[C@H]2[C@@H]3COC(=O)[C@H]4C[C@H](O)[C@H](O)C[C@]4(C)[C@H]3CC[C@]12C. The van der Waals surface area contributed by atoms with Crippen molar-refractivity contribution >= 4 is 11.9 Å². The number of carbonyl (C=O) groups excluding carboxylic acids is 2. The van der Waals surface area contributed by atoms with Gasteiger partial charge in [0, 0.05) is 6.61 Å². The number of hydrogen-bond acceptors (Lipinski definition) is 12. The number of rotatable bonds is 15. The normalized spacial score (nSPS) is 47.3. The quantitative estimate of drug-likeness (QED) is 0.0795. The van der Waals surface area contributed by atoms with Crippen molar-refractivity contribution in [3.8, 4) is 0 Å². The molecule has 0 aromatic carbocycles. The molecule has 26 atom stereocenters. The highest BCUT2D eigenvalue weighted by atomic mass is 16.5. The van der Waals surface area contributed by atoms with Crippen molar-refractivity contribution in [2.75, 3.05) is 19.8 Å². The van der Waals surface area contributed by atoms with Gasteiger partial charge in [-0.25, -0.2) is 0 Å². The Labute approximate surface area is 421 Å². The monoisotopic (exact) mass is 987 g/mol. The second kappa shape index (κ2) is 20.6. The van der Waals surface area contributed by atoms with Gasteiger partial charge in [0.25, 0.3) is 0 Å². The van der Waals surface area contributed by atoms with Gasteiger partial charge < -0.3 is 50.0 Å². The number of hydrogen-bond donors (Lipinski definition) is 7. The van der Waals surface area contributed by atoms with Crippen LogP contribution in [0.25, 0.3) is 0 Å². The van der Waals surface area contributed by atoms with Crippen LogP contribution in [0.2, 0.25) is 0 Å². The van der Waals surface area contributed by atoms with Gasteiger partial charge in [-0.2, -0.15) is 0 Å². The van der Waals surface area contributed by atoms with Gasteiger partial charge in [0.2, 0.25) is 0 Å². The van der Waals surface area contributed by atoms with Crippen LogP contribution in [0.3, 0.4) is 0 Å². The van der Waals surface area contributed by atoms with Gasteiger partial charge in [-0.15, -0.1) is 0 Å². The lowest BCUT2D eigenvalue weighted by Gasteiger charge is -2.56. The van der Waals surface area contributed by atoms with Crippen LogP contribution in [0.4, 0.5) is 0 Å². The van der Waals surface area contributed by atoms with E-state index in [1.54, 1.807) is 0 Å². The molecule has 0 unspecified atom stereocenters. The zero-order valence-corrected chi connectivity index (χ0v) is 45.0. The molecule has 2 saturated heterocycles. The number of esters is 2. The van der Waals surface area contributed by atoms with E-state index in [-0.39, 0.29) is 113 Å². The Bertz CT molecular complexity index is 1830. The smallest absolute Gasteiger partial charge is 0.309 e. The molecule has 0 aromatic rings. The van der Waals surface area contributed by atoms with Crippen LogP contribution >= 0.6 is 0 Å². The van der Waals surface area contributed by atoms with Gasteiger partial charge in [0.05, 0.1) is 73.9 Å². The van der Waals surface area contributed by atoms with E-state index in [2.05, 4.69) is 76.2 Å². The fourth-order valence-electron chi connectivity index (χ4n) is 19.5. The molecule has 8 aliphatic rings.